The number of imidazole rings is 1. The number of benzene rings is 1. The number of aryl methyl sites for hydroxylation is 1. The van der Waals surface area contributed by atoms with E-state index in [1.807, 2.05) is 20.8 Å². The van der Waals surface area contributed by atoms with Gasteiger partial charge in [-0.25, -0.2) is 14.1 Å². The first-order chi connectivity index (χ1) is 10.5. The van der Waals surface area contributed by atoms with Gasteiger partial charge in [-0.1, -0.05) is 13.0 Å². The molecule has 5 nitrogen and oxygen atoms in total. The molecule has 22 heavy (non-hydrogen) atoms. The van der Waals surface area contributed by atoms with Crippen molar-refractivity contribution >= 4 is 12.2 Å². The van der Waals surface area contributed by atoms with E-state index in [0.717, 1.165) is 23.2 Å². The summed E-state index contributed by atoms with van der Waals surface area (Å²) in [6.07, 6.45) is 4.39. The summed E-state index contributed by atoms with van der Waals surface area (Å²) in [5.41, 5.74) is 8.06. The third-order valence-corrected chi connectivity index (χ3v) is 3.36. The Morgan fingerprint density at radius 2 is 2.27 bits per heavy atom. The van der Waals surface area contributed by atoms with E-state index in [2.05, 4.69) is 10.1 Å². The van der Waals surface area contributed by atoms with Crippen LogP contribution in [0.1, 0.15) is 37.1 Å². The normalized spacial score (nSPS) is 12.9. The zero-order valence-electron chi connectivity index (χ0n) is 13.1. The zero-order valence-corrected chi connectivity index (χ0v) is 13.1. The highest BCUT2D eigenvalue weighted by atomic mass is 19.1. The van der Waals surface area contributed by atoms with Crippen molar-refractivity contribution in [1.29, 1.82) is 0 Å². The number of nitrogens with zero attached hydrogens (tertiary/aromatic N) is 3. The molecule has 6 heteroatoms. The Bertz CT molecular complexity index is 666. The monoisotopic (exact) mass is 304 g/mol. The summed E-state index contributed by atoms with van der Waals surface area (Å²) in [4.78, 5) is 4.07. The van der Waals surface area contributed by atoms with E-state index >= 15 is 0 Å². The van der Waals surface area contributed by atoms with Crippen molar-refractivity contribution in [2.45, 2.75) is 39.9 Å². The molecule has 0 radical (unpaired) electrons. The lowest BCUT2D eigenvalue weighted by molar-refractivity contribution is 0.0506. The lowest BCUT2D eigenvalue weighted by Crippen LogP contribution is -2.08. The molecule has 2 N–H and O–H groups in total. The smallest absolute Gasteiger partial charge is 0.221 e. The molecule has 0 spiro atoms. The molecule has 0 saturated carbocycles. The van der Waals surface area contributed by atoms with E-state index in [4.69, 9.17) is 10.5 Å². The van der Waals surface area contributed by atoms with Crippen molar-refractivity contribution < 1.29 is 9.13 Å². The maximum absolute atomic E-state index is 13.4. The summed E-state index contributed by atoms with van der Waals surface area (Å²) in [6, 6.07) is 4.54. The Labute approximate surface area is 129 Å². The van der Waals surface area contributed by atoms with Crippen LogP contribution in [0.25, 0.3) is 0 Å². The number of nitrogens with two attached hydrogens (primary N) is 1. The molecule has 1 atom stereocenters. The van der Waals surface area contributed by atoms with E-state index in [9.17, 15) is 4.39 Å². The third kappa shape index (κ3) is 4.14. The van der Waals surface area contributed by atoms with Crippen LogP contribution in [0.4, 0.5) is 10.3 Å². The highest BCUT2D eigenvalue weighted by Crippen LogP contribution is 2.13. The number of hydrogen-bond acceptors (Lipinski definition) is 4. The standard InChI is InChI=1S/C16H21FN4O/c1-4-12(3)22-10-14-7-15(17)6-5-13(14)8-19-21-9-11(2)20-16(21)18/h5-9,12H,4,10H2,1-3H3,(H2,18,20). The summed E-state index contributed by atoms with van der Waals surface area (Å²) < 4.78 is 20.6. The zero-order chi connectivity index (χ0) is 16.1. The molecule has 2 aromatic rings. The van der Waals surface area contributed by atoms with E-state index < -0.39 is 0 Å². The maximum Gasteiger partial charge on any atom is 0.221 e. The van der Waals surface area contributed by atoms with Gasteiger partial charge in [0.15, 0.2) is 0 Å². The van der Waals surface area contributed by atoms with Gasteiger partial charge in [0.05, 0.1) is 30.8 Å². The summed E-state index contributed by atoms with van der Waals surface area (Å²) in [5.74, 6) is 0.0196. The van der Waals surface area contributed by atoms with Crippen LogP contribution in [0.3, 0.4) is 0 Å². The van der Waals surface area contributed by atoms with Gasteiger partial charge in [0.2, 0.25) is 5.95 Å². The molecule has 0 aliphatic rings. The van der Waals surface area contributed by atoms with Crippen molar-refractivity contribution in [3.8, 4) is 0 Å². The topological polar surface area (TPSA) is 65.4 Å². The number of aromatic nitrogens is 2. The summed E-state index contributed by atoms with van der Waals surface area (Å²) >= 11 is 0. The molecule has 1 heterocycles. The van der Waals surface area contributed by atoms with E-state index in [1.165, 1.54) is 16.8 Å². The molecule has 0 fully saturated rings. The van der Waals surface area contributed by atoms with Gasteiger partial charge in [-0.3, -0.25) is 0 Å². The highest BCUT2D eigenvalue weighted by molar-refractivity contribution is 5.81. The van der Waals surface area contributed by atoms with Gasteiger partial charge in [-0.2, -0.15) is 5.10 Å². The fraction of sp³-hybridized carbons (Fsp3) is 0.375. The number of nitrogen functional groups attached to an aromatic ring is 1. The fourth-order valence-electron chi connectivity index (χ4n) is 1.90. The first-order valence-corrected chi connectivity index (χ1v) is 7.25. The van der Waals surface area contributed by atoms with Gasteiger partial charge >= 0.3 is 0 Å². The second-order valence-electron chi connectivity index (χ2n) is 5.20. The first kappa shape index (κ1) is 16.2. The number of hydrogen-bond donors (Lipinski definition) is 1. The minimum Gasteiger partial charge on any atom is -0.374 e. The van der Waals surface area contributed by atoms with Crippen LogP contribution in [0.2, 0.25) is 0 Å². The summed E-state index contributed by atoms with van der Waals surface area (Å²) in [5, 5.41) is 4.26. The van der Waals surface area contributed by atoms with Gasteiger partial charge in [-0.15, -0.1) is 0 Å². The van der Waals surface area contributed by atoms with Crippen LogP contribution in [-0.2, 0) is 11.3 Å². The van der Waals surface area contributed by atoms with Crippen molar-refractivity contribution in [3.63, 3.8) is 0 Å². The second kappa shape index (κ2) is 7.17. The van der Waals surface area contributed by atoms with Crippen LogP contribution >= 0.6 is 0 Å². The average Bonchev–Trinajstić information content (AvgIpc) is 2.81. The van der Waals surface area contributed by atoms with Crippen molar-refractivity contribution in [1.82, 2.24) is 9.66 Å². The molecule has 1 unspecified atom stereocenters. The Hall–Kier alpha value is -2.21. The van der Waals surface area contributed by atoms with Crippen LogP contribution < -0.4 is 5.73 Å². The molecule has 118 valence electrons. The van der Waals surface area contributed by atoms with Gasteiger partial charge in [0.25, 0.3) is 0 Å². The van der Waals surface area contributed by atoms with Gasteiger partial charge in [0, 0.05) is 5.56 Å². The maximum atomic E-state index is 13.4. The molecule has 2 rings (SSSR count). The minimum atomic E-state index is -0.294. The van der Waals surface area contributed by atoms with E-state index in [-0.39, 0.29) is 11.9 Å². The number of ether oxygens (including phenoxy) is 1. The van der Waals surface area contributed by atoms with Crippen LogP contribution in [0.5, 0.6) is 0 Å². The second-order valence-corrected chi connectivity index (χ2v) is 5.20. The average molecular weight is 304 g/mol. The van der Waals surface area contributed by atoms with E-state index in [0.29, 0.717) is 12.6 Å². The van der Waals surface area contributed by atoms with Crippen LogP contribution in [0.15, 0.2) is 29.5 Å². The SMILES string of the molecule is CCC(C)OCc1cc(F)ccc1C=Nn1cc(C)nc1N. The van der Waals surface area contributed by atoms with Crippen LogP contribution in [-0.4, -0.2) is 22.0 Å². The van der Waals surface area contributed by atoms with Crippen molar-refractivity contribution in [3.05, 3.63) is 47.0 Å². The van der Waals surface area contributed by atoms with Gasteiger partial charge < -0.3 is 10.5 Å². The molecule has 0 bridgehead atoms. The Morgan fingerprint density at radius 3 is 2.91 bits per heavy atom. The van der Waals surface area contributed by atoms with Gasteiger partial charge in [-0.05, 0) is 38.0 Å². The molecule has 0 amide bonds. The number of anilines is 1. The molecule has 0 aliphatic heterocycles. The predicted octanol–water partition coefficient (Wildman–Crippen LogP) is 3.11. The largest absolute Gasteiger partial charge is 0.374 e. The number of rotatable bonds is 6. The molecule has 1 aromatic carbocycles. The van der Waals surface area contributed by atoms with Crippen molar-refractivity contribution in [2.24, 2.45) is 5.10 Å². The summed E-state index contributed by atoms with van der Waals surface area (Å²) in [7, 11) is 0. The highest BCUT2D eigenvalue weighted by Gasteiger charge is 2.06. The van der Waals surface area contributed by atoms with E-state index in [1.54, 1.807) is 18.5 Å². The first-order valence-electron chi connectivity index (χ1n) is 7.25. The molecule has 1 aromatic heterocycles. The Morgan fingerprint density at radius 1 is 1.50 bits per heavy atom. The minimum absolute atomic E-state index is 0.125. The molecular formula is C16H21FN4O. The summed E-state index contributed by atoms with van der Waals surface area (Å²) in [6.45, 7) is 6.21. The number of halogens is 1. The molecular weight excluding hydrogens is 283 g/mol. The molecule has 0 aliphatic carbocycles. The fourth-order valence-corrected chi connectivity index (χ4v) is 1.90. The lowest BCUT2D eigenvalue weighted by Gasteiger charge is -2.12. The van der Waals surface area contributed by atoms with Crippen LogP contribution in [0, 0.1) is 12.7 Å². The Balaban J connectivity index is 2.21. The van der Waals surface area contributed by atoms with Gasteiger partial charge in [0.1, 0.15) is 5.82 Å². The quantitative estimate of drug-likeness (QED) is 0.834. The Kier molecular flexibility index (Phi) is 5.27. The van der Waals surface area contributed by atoms with Crippen molar-refractivity contribution in [2.75, 3.05) is 5.73 Å². The molecule has 0 saturated heterocycles. The predicted molar refractivity (Wildman–Crippen MR) is 85.3 cm³/mol. The lowest BCUT2D eigenvalue weighted by atomic mass is 10.1. The third-order valence-electron chi connectivity index (χ3n) is 3.36.